The highest BCUT2D eigenvalue weighted by molar-refractivity contribution is 5.69. The molecule has 0 unspecified atom stereocenters. The number of hydrogen-bond donors (Lipinski definition) is 0. The molecule has 4 nitrogen and oxygen atoms in total. The number of ether oxygens (including phenoxy) is 1. The van der Waals surface area contributed by atoms with E-state index in [4.69, 9.17) is 4.74 Å². The zero-order valence-corrected chi connectivity index (χ0v) is 12.9. The van der Waals surface area contributed by atoms with Crippen LogP contribution in [-0.2, 0) is 4.74 Å². The molecule has 106 valence electrons. The predicted molar refractivity (Wildman–Crippen MR) is 73.7 cm³/mol. The van der Waals surface area contributed by atoms with Crippen LogP contribution in [0.5, 0.6) is 0 Å². The molecule has 18 heavy (non-hydrogen) atoms. The molecule has 0 radical (unpaired) electrons. The van der Waals surface area contributed by atoms with Crippen molar-refractivity contribution in [3.8, 4) is 0 Å². The van der Waals surface area contributed by atoms with Gasteiger partial charge in [-0.25, -0.2) is 4.79 Å². The molecule has 0 saturated carbocycles. The molecule has 1 rings (SSSR count). The SMILES string of the molecule is CC(C)N(C)[C@H]1CCN(C(=O)OC(C)(C)C)[C@H]1C. The molecule has 1 fully saturated rings. The van der Waals surface area contributed by atoms with Gasteiger partial charge in [0.2, 0.25) is 0 Å². The van der Waals surface area contributed by atoms with Gasteiger partial charge in [-0.3, -0.25) is 4.90 Å². The average Bonchev–Trinajstić information content (AvgIpc) is 2.56. The summed E-state index contributed by atoms with van der Waals surface area (Å²) in [4.78, 5) is 16.3. The molecule has 1 aliphatic rings. The molecule has 1 amide bonds. The van der Waals surface area contributed by atoms with Crippen LogP contribution in [0.3, 0.4) is 0 Å². The van der Waals surface area contributed by atoms with Gasteiger partial charge in [0.1, 0.15) is 5.60 Å². The van der Waals surface area contributed by atoms with Gasteiger partial charge in [0.05, 0.1) is 0 Å². The maximum absolute atomic E-state index is 12.1. The van der Waals surface area contributed by atoms with E-state index < -0.39 is 5.60 Å². The molecular weight excluding hydrogens is 228 g/mol. The Morgan fingerprint density at radius 2 is 1.94 bits per heavy atom. The smallest absolute Gasteiger partial charge is 0.410 e. The lowest BCUT2D eigenvalue weighted by Gasteiger charge is -2.33. The van der Waals surface area contributed by atoms with Gasteiger partial charge in [0.15, 0.2) is 0 Å². The van der Waals surface area contributed by atoms with Gasteiger partial charge in [0.25, 0.3) is 0 Å². The Balaban J connectivity index is 2.64. The Morgan fingerprint density at radius 1 is 1.39 bits per heavy atom. The minimum absolute atomic E-state index is 0.186. The highest BCUT2D eigenvalue weighted by Gasteiger charge is 2.38. The fourth-order valence-corrected chi connectivity index (χ4v) is 2.43. The van der Waals surface area contributed by atoms with Gasteiger partial charge in [-0.05, 0) is 55.0 Å². The first-order valence-corrected chi connectivity index (χ1v) is 6.85. The fraction of sp³-hybridized carbons (Fsp3) is 0.929. The van der Waals surface area contributed by atoms with E-state index in [9.17, 15) is 4.79 Å². The molecule has 0 aromatic heterocycles. The van der Waals surface area contributed by atoms with Crippen LogP contribution in [0.2, 0.25) is 0 Å². The first kappa shape index (κ1) is 15.3. The number of carbonyl (C=O) groups is 1. The minimum atomic E-state index is -0.418. The predicted octanol–water partition coefficient (Wildman–Crippen LogP) is 2.72. The molecule has 2 atom stereocenters. The van der Waals surface area contributed by atoms with Crippen molar-refractivity contribution < 1.29 is 9.53 Å². The Hall–Kier alpha value is -0.770. The summed E-state index contributed by atoms with van der Waals surface area (Å²) in [7, 11) is 2.13. The number of carbonyl (C=O) groups excluding carboxylic acids is 1. The number of rotatable bonds is 2. The summed E-state index contributed by atoms with van der Waals surface area (Å²) in [6.45, 7) is 13.0. The van der Waals surface area contributed by atoms with E-state index in [0.29, 0.717) is 12.1 Å². The summed E-state index contributed by atoms with van der Waals surface area (Å²) in [6.07, 6.45) is 0.837. The Labute approximate surface area is 111 Å². The summed E-state index contributed by atoms with van der Waals surface area (Å²) in [5.41, 5.74) is -0.418. The zero-order valence-electron chi connectivity index (χ0n) is 12.9. The van der Waals surface area contributed by atoms with E-state index in [1.807, 2.05) is 25.7 Å². The molecule has 1 saturated heterocycles. The van der Waals surface area contributed by atoms with Crippen LogP contribution >= 0.6 is 0 Å². The molecule has 0 aromatic carbocycles. The fourth-order valence-electron chi connectivity index (χ4n) is 2.43. The summed E-state index contributed by atoms with van der Waals surface area (Å²) >= 11 is 0. The van der Waals surface area contributed by atoms with Gasteiger partial charge >= 0.3 is 6.09 Å². The maximum atomic E-state index is 12.1. The number of nitrogens with zero attached hydrogens (tertiary/aromatic N) is 2. The molecule has 1 aliphatic heterocycles. The van der Waals surface area contributed by atoms with Crippen LogP contribution in [0.1, 0.15) is 48.0 Å². The van der Waals surface area contributed by atoms with E-state index in [1.54, 1.807) is 0 Å². The lowest BCUT2D eigenvalue weighted by atomic mass is 10.1. The monoisotopic (exact) mass is 256 g/mol. The molecule has 4 heteroatoms. The third kappa shape index (κ3) is 3.61. The molecule has 1 heterocycles. The largest absolute Gasteiger partial charge is 0.444 e. The van der Waals surface area contributed by atoms with Gasteiger partial charge in [0, 0.05) is 24.7 Å². The van der Waals surface area contributed by atoms with Crippen molar-refractivity contribution in [1.82, 2.24) is 9.80 Å². The summed E-state index contributed by atoms with van der Waals surface area (Å²) in [5.74, 6) is 0. The van der Waals surface area contributed by atoms with E-state index in [-0.39, 0.29) is 12.1 Å². The second kappa shape index (κ2) is 5.47. The van der Waals surface area contributed by atoms with Gasteiger partial charge < -0.3 is 9.64 Å². The van der Waals surface area contributed by atoms with Crippen LogP contribution in [-0.4, -0.2) is 53.2 Å². The normalized spacial score (nSPS) is 25.1. The Morgan fingerprint density at radius 3 is 2.39 bits per heavy atom. The summed E-state index contributed by atoms with van der Waals surface area (Å²) < 4.78 is 5.45. The van der Waals surface area contributed by atoms with Crippen LogP contribution in [0.15, 0.2) is 0 Å². The lowest BCUT2D eigenvalue weighted by molar-refractivity contribution is 0.0201. The third-order valence-electron chi connectivity index (χ3n) is 3.68. The average molecular weight is 256 g/mol. The van der Waals surface area contributed by atoms with E-state index in [2.05, 4.69) is 32.7 Å². The van der Waals surface area contributed by atoms with Crippen molar-refractivity contribution in [3.05, 3.63) is 0 Å². The Kier molecular flexibility index (Phi) is 4.65. The molecule has 0 aliphatic carbocycles. The Bertz CT molecular complexity index is 297. The highest BCUT2D eigenvalue weighted by atomic mass is 16.6. The van der Waals surface area contributed by atoms with Crippen molar-refractivity contribution in [2.45, 2.75) is 71.7 Å². The van der Waals surface area contributed by atoms with Gasteiger partial charge in [-0.2, -0.15) is 0 Å². The van der Waals surface area contributed by atoms with Crippen LogP contribution in [0.4, 0.5) is 4.79 Å². The molecule has 0 aromatic rings. The zero-order chi connectivity index (χ0) is 14.1. The minimum Gasteiger partial charge on any atom is -0.444 e. The number of likely N-dealkylation sites (tertiary alicyclic amines) is 1. The molecule has 0 N–H and O–H groups in total. The van der Waals surface area contributed by atoms with E-state index in [1.165, 1.54) is 0 Å². The van der Waals surface area contributed by atoms with Gasteiger partial charge in [-0.15, -0.1) is 0 Å². The van der Waals surface area contributed by atoms with Crippen molar-refractivity contribution in [2.24, 2.45) is 0 Å². The summed E-state index contributed by atoms with van der Waals surface area (Å²) in [6, 6.07) is 1.14. The van der Waals surface area contributed by atoms with E-state index in [0.717, 1.165) is 13.0 Å². The van der Waals surface area contributed by atoms with Crippen LogP contribution in [0, 0.1) is 0 Å². The topological polar surface area (TPSA) is 32.8 Å². The quantitative estimate of drug-likeness (QED) is 0.761. The molecular formula is C14H28N2O2. The lowest BCUT2D eigenvalue weighted by Crippen LogP contribution is -2.47. The van der Waals surface area contributed by atoms with Crippen LogP contribution in [0.25, 0.3) is 0 Å². The second-order valence-corrected chi connectivity index (χ2v) is 6.53. The number of amides is 1. The highest BCUT2D eigenvalue weighted by Crippen LogP contribution is 2.25. The first-order valence-electron chi connectivity index (χ1n) is 6.85. The van der Waals surface area contributed by atoms with Crippen molar-refractivity contribution in [2.75, 3.05) is 13.6 Å². The van der Waals surface area contributed by atoms with Crippen molar-refractivity contribution in [1.29, 1.82) is 0 Å². The number of hydrogen-bond acceptors (Lipinski definition) is 3. The first-order chi connectivity index (χ1) is 8.13. The van der Waals surface area contributed by atoms with Crippen molar-refractivity contribution >= 4 is 6.09 Å². The third-order valence-corrected chi connectivity index (χ3v) is 3.68. The maximum Gasteiger partial charge on any atom is 0.410 e. The van der Waals surface area contributed by atoms with Crippen molar-refractivity contribution in [3.63, 3.8) is 0 Å². The van der Waals surface area contributed by atoms with Crippen LogP contribution < -0.4 is 0 Å². The second-order valence-electron chi connectivity index (χ2n) is 6.53. The molecule has 0 spiro atoms. The standard InChI is InChI=1S/C14H28N2O2/c1-10(2)15(7)12-8-9-16(11(12)3)13(17)18-14(4,5)6/h10-12H,8-9H2,1-7H3/t11-,12-/m0/s1. The summed E-state index contributed by atoms with van der Waals surface area (Å²) in [5, 5.41) is 0. The number of likely N-dealkylation sites (N-methyl/N-ethyl adjacent to an activating group) is 1. The van der Waals surface area contributed by atoms with Gasteiger partial charge in [-0.1, -0.05) is 0 Å². The van der Waals surface area contributed by atoms with E-state index >= 15 is 0 Å². The molecule has 0 bridgehead atoms.